The summed E-state index contributed by atoms with van der Waals surface area (Å²) >= 11 is 0. The highest BCUT2D eigenvalue weighted by atomic mass is 16.2. The van der Waals surface area contributed by atoms with Crippen LogP contribution in [0.5, 0.6) is 0 Å². The molecule has 1 aliphatic heterocycles. The number of pyridine rings is 1. The average Bonchev–Trinajstić information content (AvgIpc) is 2.73. The molecule has 0 aromatic carbocycles. The third-order valence-corrected chi connectivity index (χ3v) is 4.42. The van der Waals surface area contributed by atoms with Gasteiger partial charge in [-0.3, -0.25) is 14.6 Å². The molecule has 1 atom stereocenters. The monoisotopic (exact) mass is 326 g/mol. The molecule has 0 aliphatic carbocycles. The topological polar surface area (TPSA) is 76.0 Å². The van der Waals surface area contributed by atoms with E-state index >= 15 is 0 Å². The van der Waals surface area contributed by atoms with Gasteiger partial charge in [0.25, 0.3) is 5.91 Å². The zero-order valence-electron chi connectivity index (χ0n) is 14.0. The smallest absolute Gasteiger partial charge is 0.253 e. The summed E-state index contributed by atoms with van der Waals surface area (Å²) in [5.74, 6) is -0.304. The van der Waals surface area contributed by atoms with E-state index in [-0.39, 0.29) is 11.8 Å². The van der Waals surface area contributed by atoms with Crippen LogP contribution in [0.25, 0.3) is 5.69 Å². The van der Waals surface area contributed by atoms with E-state index in [0.29, 0.717) is 18.5 Å². The van der Waals surface area contributed by atoms with Crippen molar-refractivity contribution >= 4 is 11.8 Å². The summed E-state index contributed by atoms with van der Waals surface area (Å²) in [6.45, 7) is 4.54. The van der Waals surface area contributed by atoms with Gasteiger partial charge in [-0.25, -0.2) is 0 Å². The number of rotatable bonds is 3. The van der Waals surface area contributed by atoms with Crippen LogP contribution in [0.2, 0.25) is 0 Å². The Hall–Kier alpha value is -2.63. The molecule has 0 radical (unpaired) electrons. The zero-order valence-corrected chi connectivity index (χ0v) is 14.0. The number of aromatic nitrogens is 2. The van der Waals surface area contributed by atoms with Gasteiger partial charge in [0.2, 0.25) is 5.91 Å². The van der Waals surface area contributed by atoms with E-state index in [2.05, 4.69) is 15.6 Å². The molecular weight excluding hydrogens is 304 g/mol. The minimum Gasteiger partial charge on any atom is -0.354 e. The van der Waals surface area contributed by atoms with Gasteiger partial charge < -0.3 is 15.2 Å². The first-order valence-electron chi connectivity index (χ1n) is 8.26. The molecular formula is C18H22N4O2. The molecule has 6 nitrogen and oxygen atoms in total. The highest BCUT2D eigenvalue weighted by Gasteiger charge is 2.25. The van der Waals surface area contributed by atoms with E-state index < -0.39 is 6.04 Å². The van der Waals surface area contributed by atoms with Gasteiger partial charge in [0.15, 0.2) is 0 Å². The van der Waals surface area contributed by atoms with Crippen LogP contribution in [0, 0.1) is 13.8 Å². The zero-order chi connectivity index (χ0) is 17.1. The van der Waals surface area contributed by atoms with Crippen LogP contribution >= 0.6 is 0 Å². The molecule has 3 rings (SSSR count). The Kier molecular flexibility index (Phi) is 4.64. The highest BCUT2D eigenvalue weighted by molar-refractivity contribution is 5.98. The number of nitrogens with zero attached hydrogens (tertiary/aromatic N) is 2. The quantitative estimate of drug-likeness (QED) is 0.904. The molecule has 0 bridgehead atoms. The van der Waals surface area contributed by atoms with Crippen molar-refractivity contribution < 1.29 is 9.59 Å². The average molecular weight is 326 g/mol. The Labute approximate surface area is 141 Å². The molecule has 126 valence electrons. The predicted octanol–water partition coefficient (Wildman–Crippen LogP) is 1.89. The van der Waals surface area contributed by atoms with E-state index in [4.69, 9.17) is 0 Å². The normalized spacial score (nSPS) is 17.9. The molecule has 2 N–H and O–H groups in total. The molecule has 2 aromatic heterocycles. The number of nitrogens with one attached hydrogen (secondary N) is 2. The van der Waals surface area contributed by atoms with Crippen LogP contribution < -0.4 is 10.6 Å². The third kappa shape index (κ3) is 3.18. The maximum absolute atomic E-state index is 12.7. The van der Waals surface area contributed by atoms with Crippen LogP contribution in [0.15, 0.2) is 30.6 Å². The van der Waals surface area contributed by atoms with Crippen LogP contribution in [0.1, 0.15) is 41.0 Å². The van der Waals surface area contributed by atoms with Crippen LogP contribution in [0.3, 0.4) is 0 Å². The number of hydrogen-bond acceptors (Lipinski definition) is 3. The first-order chi connectivity index (χ1) is 11.6. The van der Waals surface area contributed by atoms with Crippen molar-refractivity contribution in [3.05, 3.63) is 47.5 Å². The fourth-order valence-corrected chi connectivity index (χ4v) is 3.19. The Morgan fingerprint density at radius 1 is 1.38 bits per heavy atom. The molecule has 1 fully saturated rings. The Morgan fingerprint density at radius 2 is 2.21 bits per heavy atom. The van der Waals surface area contributed by atoms with E-state index in [1.807, 2.05) is 36.6 Å². The van der Waals surface area contributed by atoms with Crippen molar-refractivity contribution in [1.29, 1.82) is 0 Å². The van der Waals surface area contributed by atoms with E-state index in [1.54, 1.807) is 12.4 Å². The van der Waals surface area contributed by atoms with Gasteiger partial charge in [-0.05, 0) is 51.3 Å². The minimum absolute atomic E-state index is 0.0954. The maximum Gasteiger partial charge on any atom is 0.253 e. The van der Waals surface area contributed by atoms with Gasteiger partial charge in [0, 0.05) is 24.1 Å². The lowest BCUT2D eigenvalue weighted by Gasteiger charge is -2.15. The summed E-state index contributed by atoms with van der Waals surface area (Å²) in [6, 6.07) is 5.21. The van der Waals surface area contributed by atoms with Gasteiger partial charge in [0.05, 0.1) is 17.4 Å². The van der Waals surface area contributed by atoms with E-state index in [1.165, 1.54) is 0 Å². The fraction of sp³-hybridized carbons (Fsp3) is 0.389. The highest BCUT2D eigenvalue weighted by Crippen LogP contribution is 2.20. The van der Waals surface area contributed by atoms with E-state index in [9.17, 15) is 9.59 Å². The first kappa shape index (κ1) is 16.2. The Bertz CT molecular complexity index is 752. The standard InChI is InChI=1S/C18H22N4O2/c1-12-10-15(13(2)22(12)14-6-5-8-19-11-14)17(23)21-16-7-3-4-9-20-18(16)24/h5-6,8,10-11,16H,3-4,7,9H2,1-2H3,(H,20,24)(H,21,23)/t16-/m1/s1. The van der Waals surface area contributed by atoms with Crippen molar-refractivity contribution in [2.75, 3.05) is 6.54 Å². The van der Waals surface area contributed by atoms with Crippen molar-refractivity contribution in [3.63, 3.8) is 0 Å². The van der Waals surface area contributed by atoms with Crippen molar-refractivity contribution in [2.24, 2.45) is 0 Å². The van der Waals surface area contributed by atoms with Gasteiger partial charge in [-0.2, -0.15) is 0 Å². The van der Waals surface area contributed by atoms with Gasteiger partial charge in [-0.1, -0.05) is 0 Å². The summed E-state index contributed by atoms with van der Waals surface area (Å²) in [5, 5.41) is 5.72. The van der Waals surface area contributed by atoms with E-state index in [0.717, 1.165) is 29.9 Å². The largest absolute Gasteiger partial charge is 0.354 e. The lowest BCUT2D eigenvalue weighted by molar-refractivity contribution is -0.122. The number of aryl methyl sites for hydroxylation is 1. The third-order valence-electron chi connectivity index (χ3n) is 4.42. The summed E-state index contributed by atoms with van der Waals surface area (Å²) in [7, 11) is 0. The minimum atomic E-state index is -0.457. The lowest BCUT2D eigenvalue weighted by atomic mass is 10.1. The van der Waals surface area contributed by atoms with Crippen molar-refractivity contribution in [3.8, 4) is 5.69 Å². The predicted molar refractivity (Wildman–Crippen MR) is 91.2 cm³/mol. The number of carbonyl (C=O) groups is 2. The SMILES string of the molecule is Cc1cc(C(=O)N[C@@H]2CCCCNC2=O)c(C)n1-c1cccnc1. The van der Waals surface area contributed by atoms with Crippen LogP contribution in [-0.2, 0) is 4.79 Å². The molecule has 1 aliphatic rings. The summed E-state index contributed by atoms with van der Waals surface area (Å²) in [6.07, 6.45) is 6.04. The summed E-state index contributed by atoms with van der Waals surface area (Å²) in [5.41, 5.74) is 3.30. The Balaban J connectivity index is 1.84. The molecule has 0 saturated carbocycles. The van der Waals surface area contributed by atoms with Gasteiger partial charge in [-0.15, -0.1) is 0 Å². The second-order valence-corrected chi connectivity index (χ2v) is 6.14. The number of carbonyl (C=O) groups excluding carboxylic acids is 2. The molecule has 0 unspecified atom stereocenters. The Morgan fingerprint density at radius 3 is 2.96 bits per heavy atom. The lowest BCUT2D eigenvalue weighted by Crippen LogP contribution is -2.45. The molecule has 3 heterocycles. The molecule has 24 heavy (non-hydrogen) atoms. The van der Waals surface area contributed by atoms with Gasteiger partial charge >= 0.3 is 0 Å². The fourth-order valence-electron chi connectivity index (χ4n) is 3.19. The first-order valence-corrected chi connectivity index (χ1v) is 8.26. The molecule has 6 heteroatoms. The second kappa shape index (κ2) is 6.86. The molecule has 1 saturated heterocycles. The number of hydrogen-bond donors (Lipinski definition) is 2. The molecule has 0 spiro atoms. The summed E-state index contributed by atoms with van der Waals surface area (Å²) in [4.78, 5) is 28.8. The van der Waals surface area contributed by atoms with Crippen molar-refractivity contribution in [1.82, 2.24) is 20.2 Å². The summed E-state index contributed by atoms with van der Waals surface area (Å²) < 4.78 is 2.00. The molecule has 2 aromatic rings. The van der Waals surface area contributed by atoms with Crippen molar-refractivity contribution in [2.45, 2.75) is 39.2 Å². The van der Waals surface area contributed by atoms with Gasteiger partial charge in [0.1, 0.15) is 6.04 Å². The molecule has 2 amide bonds. The number of amides is 2. The van der Waals surface area contributed by atoms with Crippen LogP contribution in [-0.4, -0.2) is 34.0 Å². The maximum atomic E-state index is 12.7. The second-order valence-electron chi connectivity index (χ2n) is 6.14. The van der Waals surface area contributed by atoms with Crippen LogP contribution in [0.4, 0.5) is 0 Å².